The van der Waals surface area contributed by atoms with Gasteiger partial charge in [-0.3, -0.25) is 0 Å². The maximum absolute atomic E-state index is 10.5. The zero-order chi connectivity index (χ0) is 13.3. The fourth-order valence-electron chi connectivity index (χ4n) is 2.52. The third-order valence-corrected chi connectivity index (χ3v) is 4.49. The minimum absolute atomic E-state index is 0.120. The monoisotopic (exact) mass is 287 g/mol. The van der Waals surface area contributed by atoms with Crippen LogP contribution in [0.3, 0.4) is 0 Å². The molecule has 0 radical (unpaired) electrons. The summed E-state index contributed by atoms with van der Waals surface area (Å²) in [5.74, 6) is 0.788. The van der Waals surface area contributed by atoms with Crippen LogP contribution in [0.25, 0.3) is 0 Å². The van der Waals surface area contributed by atoms with Gasteiger partial charge in [0.05, 0.1) is 6.10 Å². The quantitative estimate of drug-likeness (QED) is 0.871. The van der Waals surface area contributed by atoms with E-state index in [4.69, 9.17) is 28.9 Å². The fourth-order valence-corrected chi connectivity index (χ4v) is 3.07. The maximum Gasteiger partial charge on any atom is 0.0649 e. The van der Waals surface area contributed by atoms with E-state index in [-0.39, 0.29) is 11.8 Å². The summed E-state index contributed by atoms with van der Waals surface area (Å²) in [4.78, 5) is 0. The molecule has 0 amide bonds. The molecule has 3 atom stereocenters. The van der Waals surface area contributed by atoms with E-state index < -0.39 is 6.10 Å². The van der Waals surface area contributed by atoms with Crippen LogP contribution >= 0.6 is 23.2 Å². The number of rotatable bonds is 5. The molecule has 0 heterocycles. The van der Waals surface area contributed by atoms with Gasteiger partial charge in [0.1, 0.15) is 0 Å². The molecule has 1 aromatic carbocycles. The van der Waals surface area contributed by atoms with E-state index in [1.165, 1.54) is 12.8 Å². The highest BCUT2D eigenvalue weighted by Gasteiger charge is 2.36. The zero-order valence-corrected chi connectivity index (χ0v) is 12.0. The Hall–Kier alpha value is -0.280. The van der Waals surface area contributed by atoms with Gasteiger partial charge in [-0.25, -0.2) is 0 Å². The van der Waals surface area contributed by atoms with Crippen molar-refractivity contribution in [2.45, 2.75) is 31.8 Å². The van der Waals surface area contributed by atoms with Crippen molar-refractivity contribution in [1.82, 2.24) is 0 Å². The highest BCUT2D eigenvalue weighted by molar-refractivity contribution is 6.35. The minimum atomic E-state index is -0.443. The molecule has 100 valence electrons. The van der Waals surface area contributed by atoms with Crippen molar-refractivity contribution in [1.29, 1.82) is 0 Å². The van der Waals surface area contributed by atoms with E-state index >= 15 is 0 Å². The molecule has 1 fully saturated rings. The Kier molecular flexibility index (Phi) is 4.54. The van der Waals surface area contributed by atoms with Crippen LogP contribution in [0.2, 0.25) is 10.0 Å². The lowest BCUT2D eigenvalue weighted by atomic mass is 9.84. The Morgan fingerprint density at radius 1 is 1.39 bits per heavy atom. The number of hydrogen-bond donors (Lipinski definition) is 2. The number of aliphatic hydroxyl groups is 1. The van der Waals surface area contributed by atoms with Crippen molar-refractivity contribution in [3.8, 4) is 0 Å². The zero-order valence-electron chi connectivity index (χ0n) is 10.4. The average Bonchev–Trinajstić information content (AvgIpc) is 3.15. The van der Waals surface area contributed by atoms with Crippen molar-refractivity contribution in [2.75, 3.05) is 6.54 Å². The van der Waals surface area contributed by atoms with Gasteiger partial charge in [0.15, 0.2) is 0 Å². The van der Waals surface area contributed by atoms with Gasteiger partial charge in [-0.2, -0.15) is 0 Å². The summed E-state index contributed by atoms with van der Waals surface area (Å²) in [6, 6.07) is 5.36. The molecule has 3 N–H and O–H groups in total. The van der Waals surface area contributed by atoms with E-state index in [9.17, 15) is 5.11 Å². The van der Waals surface area contributed by atoms with Gasteiger partial charge in [-0.15, -0.1) is 0 Å². The number of halogens is 2. The van der Waals surface area contributed by atoms with Crippen molar-refractivity contribution >= 4 is 23.2 Å². The van der Waals surface area contributed by atoms with E-state index in [1.54, 1.807) is 12.1 Å². The van der Waals surface area contributed by atoms with Gasteiger partial charge in [-0.05, 0) is 42.4 Å². The molecule has 1 aromatic rings. The molecule has 0 aliphatic heterocycles. The maximum atomic E-state index is 10.5. The molecular formula is C14H19Cl2NO. The first-order valence-electron chi connectivity index (χ1n) is 6.37. The summed E-state index contributed by atoms with van der Waals surface area (Å²) in [5, 5.41) is 11.6. The molecule has 2 nitrogen and oxygen atoms in total. The predicted molar refractivity (Wildman–Crippen MR) is 76.2 cm³/mol. The SMILES string of the molecule is CC(C1CC1)C(O)C(CN)c1ccc(Cl)cc1Cl. The number of nitrogens with two attached hydrogens (primary N) is 1. The van der Waals surface area contributed by atoms with E-state index in [0.717, 1.165) is 5.56 Å². The molecule has 0 spiro atoms. The molecule has 2 rings (SSSR count). The lowest BCUT2D eigenvalue weighted by molar-refractivity contribution is 0.0801. The Morgan fingerprint density at radius 2 is 2.06 bits per heavy atom. The Bertz CT molecular complexity index is 420. The van der Waals surface area contributed by atoms with Crippen molar-refractivity contribution in [3.05, 3.63) is 33.8 Å². The number of hydrogen-bond acceptors (Lipinski definition) is 2. The summed E-state index contributed by atoms with van der Waals surface area (Å²) in [6.07, 6.45) is 1.98. The third kappa shape index (κ3) is 3.00. The number of aliphatic hydroxyl groups excluding tert-OH is 1. The van der Waals surface area contributed by atoms with Crippen molar-refractivity contribution in [3.63, 3.8) is 0 Å². The van der Waals surface area contributed by atoms with Crippen LogP contribution in [0.5, 0.6) is 0 Å². The van der Waals surface area contributed by atoms with Crippen LogP contribution < -0.4 is 5.73 Å². The summed E-state index contributed by atoms with van der Waals surface area (Å²) in [7, 11) is 0. The standard InChI is InChI=1S/C14H19Cl2NO/c1-8(9-2-3-9)14(18)12(7-17)11-5-4-10(15)6-13(11)16/h4-6,8-9,12,14,18H,2-3,7,17H2,1H3. The van der Waals surface area contributed by atoms with Crippen LogP contribution in [0, 0.1) is 11.8 Å². The second-order valence-electron chi connectivity index (χ2n) is 5.20. The second kappa shape index (κ2) is 5.79. The first kappa shape index (κ1) is 14.1. The molecule has 0 aromatic heterocycles. The fraction of sp³-hybridized carbons (Fsp3) is 0.571. The largest absolute Gasteiger partial charge is 0.392 e. The summed E-state index contributed by atoms with van der Waals surface area (Å²) in [6.45, 7) is 2.48. The first-order chi connectivity index (χ1) is 8.54. The van der Waals surface area contributed by atoms with Gasteiger partial charge < -0.3 is 10.8 Å². The lowest BCUT2D eigenvalue weighted by Gasteiger charge is -2.28. The summed E-state index contributed by atoms with van der Waals surface area (Å²) < 4.78 is 0. The predicted octanol–water partition coefficient (Wildman–Crippen LogP) is 3.44. The third-order valence-electron chi connectivity index (χ3n) is 3.93. The average molecular weight is 288 g/mol. The van der Waals surface area contributed by atoms with Gasteiger partial charge in [-0.1, -0.05) is 36.2 Å². The normalized spacial score (nSPS) is 20.5. The molecule has 18 heavy (non-hydrogen) atoms. The van der Waals surface area contributed by atoms with Gasteiger partial charge in [0.2, 0.25) is 0 Å². The highest BCUT2D eigenvalue weighted by Crippen LogP contribution is 2.42. The topological polar surface area (TPSA) is 46.2 Å². The van der Waals surface area contributed by atoms with Crippen LogP contribution in [0.4, 0.5) is 0 Å². The van der Waals surface area contributed by atoms with Crippen LogP contribution in [-0.4, -0.2) is 17.8 Å². The number of benzene rings is 1. The Balaban J connectivity index is 2.20. The molecule has 3 unspecified atom stereocenters. The molecule has 1 aliphatic rings. The van der Waals surface area contributed by atoms with Crippen molar-refractivity contribution in [2.24, 2.45) is 17.6 Å². The highest BCUT2D eigenvalue weighted by atomic mass is 35.5. The molecular weight excluding hydrogens is 269 g/mol. The second-order valence-corrected chi connectivity index (χ2v) is 6.04. The van der Waals surface area contributed by atoms with Crippen LogP contribution in [0.15, 0.2) is 18.2 Å². The van der Waals surface area contributed by atoms with E-state index in [2.05, 4.69) is 6.92 Å². The molecule has 4 heteroatoms. The minimum Gasteiger partial charge on any atom is -0.392 e. The molecule has 0 saturated heterocycles. The van der Waals surface area contributed by atoms with Crippen LogP contribution in [-0.2, 0) is 0 Å². The van der Waals surface area contributed by atoms with Crippen molar-refractivity contribution < 1.29 is 5.11 Å². The van der Waals surface area contributed by atoms with Gasteiger partial charge in [0.25, 0.3) is 0 Å². The summed E-state index contributed by atoms with van der Waals surface area (Å²) in [5.41, 5.74) is 6.71. The molecule has 0 bridgehead atoms. The Morgan fingerprint density at radius 3 is 2.56 bits per heavy atom. The molecule has 1 aliphatic carbocycles. The van der Waals surface area contributed by atoms with Gasteiger partial charge >= 0.3 is 0 Å². The Labute approximate surface area is 118 Å². The summed E-state index contributed by atoms with van der Waals surface area (Å²) >= 11 is 12.1. The van der Waals surface area contributed by atoms with E-state index in [1.807, 2.05) is 6.07 Å². The first-order valence-corrected chi connectivity index (χ1v) is 7.13. The smallest absolute Gasteiger partial charge is 0.0649 e. The lowest BCUT2D eigenvalue weighted by Crippen LogP contribution is -2.32. The van der Waals surface area contributed by atoms with Crippen LogP contribution in [0.1, 0.15) is 31.2 Å². The molecule has 1 saturated carbocycles. The van der Waals surface area contributed by atoms with E-state index in [0.29, 0.717) is 22.5 Å². The van der Waals surface area contributed by atoms with Gasteiger partial charge in [0, 0.05) is 22.5 Å².